The zero-order chi connectivity index (χ0) is 12.8. The topological polar surface area (TPSA) is 21.3 Å². The predicted molar refractivity (Wildman–Crippen MR) is 76.1 cm³/mol. The third-order valence-electron chi connectivity index (χ3n) is 3.46. The summed E-state index contributed by atoms with van der Waals surface area (Å²) in [6.07, 6.45) is 6.38. The van der Waals surface area contributed by atoms with E-state index in [4.69, 9.17) is 4.74 Å². The van der Waals surface area contributed by atoms with Crippen LogP contribution in [-0.2, 0) is 6.42 Å². The molecule has 0 saturated carbocycles. The van der Waals surface area contributed by atoms with Crippen LogP contribution in [0.25, 0.3) is 0 Å². The molecule has 1 aliphatic carbocycles. The minimum Gasteiger partial charge on any atom is -0.494 e. The molecule has 1 aromatic carbocycles. The number of fused-ring (bicyclic) bond motifs is 1. The first-order valence-corrected chi connectivity index (χ1v) is 6.95. The third-order valence-corrected chi connectivity index (χ3v) is 3.46. The Morgan fingerprint density at radius 3 is 3.17 bits per heavy atom. The van der Waals surface area contributed by atoms with Gasteiger partial charge >= 0.3 is 0 Å². The van der Waals surface area contributed by atoms with Crippen molar-refractivity contribution in [2.45, 2.75) is 38.6 Å². The molecule has 0 radical (unpaired) electrons. The Labute approximate surface area is 110 Å². The Morgan fingerprint density at radius 1 is 1.50 bits per heavy atom. The minimum atomic E-state index is 0.541. The number of hydrogen-bond acceptors (Lipinski definition) is 2. The molecule has 98 valence electrons. The van der Waals surface area contributed by atoms with Crippen molar-refractivity contribution in [1.82, 2.24) is 5.32 Å². The van der Waals surface area contributed by atoms with Crippen LogP contribution >= 0.6 is 0 Å². The summed E-state index contributed by atoms with van der Waals surface area (Å²) in [5.74, 6) is 1.01. The Hall–Kier alpha value is -1.28. The highest BCUT2D eigenvalue weighted by Gasteiger charge is 2.21. The number of aryl methyl sites for hydroxylation is 1. The summed E-state index contributed by atoms with van der Waals surface area (Å²) in [6.45, 7) is 7.69. The highest BCUT2D eigenvalue weighted by Crippen LogP contribution is 2.33. The molecule has 1 aliphatic rings. The maximum absolute atomic E-state index is 5.76. The van der Waals surface area contributed by atoms with Gasteiger partial charge < -0.3 is 10.1 Å². The average molecular weight is 245 g/mol. The van der Waals surface area contributed by atoms with Crippen molar-refractivity contribution in [3.8, 4) is 5.75 Å². The van der Waals surface area contributed by atoms with E-state index < -0.39 is 0 Å². The maximum Gasteiger partial charge on any atom is 0.119 e. The highest BCUT2D eigenvalue weighted by atomic mass is 16.5. The van der Waals surface area contributed by atoms with E-state index in [1.807, 2.05) is 6.08 Å². The van der Waals surface area contributed by atoms with Gasteiger partial charge in [0.1, 0.15) is 5.75 Å². The minimum absolute atomic E-state index is 0.541. The lowest BCUT2D eigenvalue weighted by molar-refractivity contribution is 0.312. The van der Waals surface area contributed by atoms with Crippen molar-refractivity contribution >= 4 is 0 Å². The van der Waals surface area contributed by atoms with Gasteiger partial charge in [-0.25, -0.2) is 0 Å². The molecule has 0 fully saturated rings. The summed E-state index contributed by atoms with van der Waals surface area (Å²) in [7, 11) is 0. The molecular formula is C16H23NO. The number of ether oxygens (including phenoxy) is 1. The van der Waals surface area contributed by atoms with Gasteiger partial charge in [0.15, 0.2) is 0 Å². The third kappa shape index (κ3) is 3.14. The average Bonchev–Trinajstić information content (AvgIpc) is 2.78. The number of rotatable bonds is 7. The fourth-order valence-electron chi connectivity index (χ4n) is 2.56. The number of hydrogen-bond donors (Lipinski definition) is 1. The highest BCUT2D eigenvalue weighted by molar-refractivity contribution is 5.40. The molecule has 2 nitrogen and oxygen atoms in total. The van der Waals surface area contributed by atoms with E-state index in [2.05, 4.69) is 37.0 Å². The van der Waals surface area contributed by atoms with Crippen molar-refractivity contribution in [1.29, 1.82) is 0 Å². The van der Waals surface area contributed by atoms with Crippen LogP contribution in [0, 0.1) is 0 Å². The summed E-state index contributed by atoms with van der Waals surface area (Å²) in [5.41, 5.74) is 2.90. The van der Waals surface area contributed by atoms with E-state index >= 15 is 0 Å². The first-order valence-electron chi connectivity index (χ1n) is 6.95. The predicted octanol–water partition coefficient (Wildman–Crippen LogP) is 3.63. The normalized spacial score (nSPS) is 17.5. The Morgan fingerprint density at radius 2 is 2.39 bits per heavy atom. The Kier molecular flexibility index (Phi) is 4.82. The molecule has 0 bridgehead atoms. The Balaban J connectivity index is 1.94. The molecule has 0 aromatic heterocycles. The number of nitrogens with one attached hydrogen (secondary N) is 1. The van der Waals surface area contributed by atoms with Gasteiger partial charge in [-0.05, 0) is 55.5 Å². The molecule has 0 heterocycles. The summed E-state index contributed by atoms with van der Waals surface area (Å²) >= 11 is 0. The molecule has 0 aliphatic heterocycles. The summed E-state index contributed by atoms with van der Waals surface area (Å²) in [5, 5.41) is 3.53. The molecule has 1 atom stereocenters. The fourth-order valence-corrected chi connectivity index (χ4v) is 2.56. The molecule has 0 spiro atoms. The van der Waals surface area contributed by atoms with E-state index in [1.54, 1.807) is 0 Å². The van der Waals surface area contributed by atoms with Gasteiger partial charge in [0, 0.05) is 6.04 Å². The molecular weight excluding hydrogens is 222 g/mol. The summed E-state index contributed by atoms with van der Waals surface area (Å²) < 4.78 is 5.76. The molecule has 18 heavy (non-hydrogen) atoms. The number of allylic oxidation sites excluding steroid dienone is 1. The van der Waals surface area contributed by atoms with Crippen molar-refractivity contribution in [3.63, 3.8) is 0 Å². The van der Waals surface area contributed by atoms with Gasteiger partial charge in [-0.3, -0.25) is 0 Å². The van der Waals surface area contributed by atoms with Crippen LogP contribution in [0.1, 0.15) is 43.4 Å². The van der Waals surface area contributed by atoms with Crippen LogP contribution in [0.4, 0.5) is 0 Å². The van der Waals surface area contributed by atoms with E-state index in [-0.39, 0.29) is 0 Å². The monoisotopic (exact) mass is 245 g/mol. The van der Waals surface area contributed by atoms with E-state index in [0.717, 1.165) is 38.2 Å². The largest absolute Gasteiger partial charge is 0.494 e. The zero-order valence-electron chi connectivity index (χ0n) is 11.2. The fraction of sp³-hybridized carbons (Fsp3) is 0.500. The van der Waals surface area contributed by atoms with Crippen LogP contribution < -0.4 is 10.1 Å². The Bertz CT molecular complexity index is 400. The molecule has 2 heteroatoms. The molecule has 1 N–H and O–H groups in total. The number of unbranched alkanes of at least 4 members (excludes halogenated alkanes) is 1. The lowest BCUT2D eigenvalue weighted by atomic mass is 10.1. The first kappa shape index (κ1) is 13.2. The van der Waals surface area contributed by atoms with Crippen LogP contribution in [0.2, 0.25) is 0 Å². The SMILES string of the molecule is C=CCCCOc1ccc2c(c1)CCC2NCC. The first-order chi connectivity index (χ1) is 8.85. The van der Waals surface area contributed by atoms with Gasteiger partial charge in [0.05, 0.1) is 6.61 Å². The van der Waals surface area contributed by atoms with Crippen LogP contribution in [0.15, 0.2) is 30.9 Å². The molecule has 2 rings (SSSR count). The smallest absolute Gasteiger partial charge is 0.119 e. The van der Waals surface area contributed by atoms with Crippen molar-refractivity contribution in [2.75, 3.05) is 13.2 Å². The zero-order valence-corrected chi connectivity index (χ0v) is 11.2. The van der Waals surface area contributed by atoms with Gasteiger partial charge in [-0.1, -0.05) is 19.1 Å². The van der Waals surface area contributed by atoms with Crippen LogP contribution in [-0.4, -0.2) is 13.2 Å². The van der Waals surface area contributed by atoms with Gasteiger partial charge in [-0.2, -0.15) is 0 Å². The second-order valence-electron chi connectivity index (χ2n) is 4.79. The van der Waals surface area contributed by atoms with Gasteiger partial charge in [0.2, 0.25) is 0 Å². The van der Waals surface area contributed by atoms with Crippen LogP contribution in [0.3, 0.4) is 0 Å². The lowest BCUT2D eigenvalue weighted by Gasteiger charge is -2.13. The molecule has 1 aromatic rings. The summed E-state index contributed by atoms with van der Waals surface area (Å²) in [6, 6.07) is 7.07. The summed E-state index contributed by atoms with van der Waals surface area (Å²) in [4.78, 5) is 0. The maximum atomic E-state index is 5.76. The lowest BCUT2D eigenvalue weighted by Crippen LogP contribution is -2.18. The van der Waals surface area contributed by atoms with E-state index in [1.165, 1.54) is 17.5 Å². The van der Waals surface area contributed by atoms with Crippen LogP contribution in [0.5, 0.6) is 5.75 Å². The number of benzene rings is 1. The van der Waals surface area contributed by atoms with Crippen molar-refractivity contribution in [3.05, 3.63) is 42.0 Å². The van der Waals surface area contributed by atoms with Crippen molar-refractivity contribution < 1.29 is 4.74 Å². The van der Waals surface area contributed by atoms with E-state index in [0.29, 0.717) is 6.04 Å². The second kappa shape index (κ2) is 6.60. The standard InChI is InChI=1S/C16H23NO/c1-3-5-6-11-18-14-8-9-15-13(12-14)7-10-16(15)17-4-2/h3,8-9,12,16-17H,1,4-7,10-11H2,2H3. The quantitative estimate of drug-likeness (QED) is 0.585. The molecule has 0 saturated heterocycles. The van der Waals surface area contributed by atoms with Gasteiger partial charge in [0.25, 0.3) is 0 Å². The van der Waals surface area contributed by atoms with Crippen molar-refractivity contribution in [2.24, 2.45) is 0 Å². The van der Waals surface area contributed by atoms with Gasteiger partial charge in [-0.15, -0.1) is 6.58 Å². The second-order valence-corrected chi connectivity index (χ2v) is 4.79. The van der Waals surface area contributed by atoms with E-state index in [9.17, 15) is 0 Å². The molecule has 1 unspecified atom stereocenters. The molecule has 0 amide bonds.